The minimum Gasteiger partial charge on any atom is -0.469 e. The number of ether oxygens (including phenoxy) is 2. The molecule has 0 bridgehead atoms. The maximum atomic E-state index is 12.6. The molecule has 1 aliphatic carbocycles. The highest BCUT2D eigenvalue weighted by molar-refractivity contribution is 5.85. The first-order valence-electron chi connectivity index (χ1n) is 8.76. The zero-order chi connectivity index (χ0) is 18.8. The third-order valence-corrected chi connectivity index (χ3v) is 5.42. The molecule has 2 aromatic rings. The average Bonchev–Trinajstić information content (AvgIpc) is 2.63. The second-order valence-electron chi connectivity index (χ2n) is 6.97. The van der Waals surface area contributed by atoms with Gasteiger partial charge in [-0.05, 0) is 25.0 Å². The van der Waals surface area contributed by atoms with Gasteiger partial charge < -0.3 is 9.47 Å². The van der Waals surface area contributed by atoms with Crippen LogP contribution in [0.3, 0.4) is 0 Å². The van der Waals surface area contributed by atoms with Crippen molar-refractivity contribution in [2.45, 2.75) is 25.7 Å². The Labute approximate surface area is 154 Å². The molecule has 0 aromatic heterocycles. The quantitative estimate of drug-likeness (QED) is 0.786. The van der Waals surface area contributed by atoms with Gasteiger partial charge in [0.25, 0.3) is 0 Å². The Bertz CT molecular complexity index is 714. The van der Waals surface area contributed by atoms with E-state index in [1.54, 1.807) is 0 Å². The van der Waals surface area contributed by atoms with E-state index in [0.29, 0.717) is 0 Å². The predicted molar refractivity (Wildman–Crippen MR) is 98.9 cm³/mol. The molecule has 1 aliphatic rings. The molecule has 4 nitrogen and oxygen atoms in total. The van der Waals surface area contributed by atoms with Crippen LogP contribution in [0.1, 0.15) is 34.1 Å². The van der Waals surface area contributed by atoms with Crippen LogP contribution in [0.4, 0.5) is 0 Å². The van der Waals surface area contributed by atoms with Crippen LogP contribution < -0.4 is 0 Å². The number of esters is 2. The van der Waals surface area contributed by atoms with Gasteiger partial charge in [-0.25, -0.2) is 0 Å². The Kier molecular flexibility index (Phi) is 5.12. The molecule has 0 amide bonds. The molecule has 1 saturated carbocycles. The Balaban J connectivity index is 2.06. The smallest absolute Gasteiger partial charge is 0.309 e. The highest BCUT2D eigenvalue weighted by atomic mass is 16.5. The number of methoxy groups -OCH3 is 2. The topological polar surface area (TPSA) is 52.6 Å². The standard InChI is InChI=1S/C22H24O4/c1-13-5-9-15(10-6-13)17-19(21(23)25-3)18(20(17)22(24)26-4)16-11-7-14(2)8-12-16/h5-12,17-20H,1-4H3. The van der Waals surface area contributed by atoms with Gasteiger partial charge in [-0.1, -0.05) is 59.7 Å². The van der Waals surface area contributed by atoms with Crippen molar-refractivity contribution >= 4 is 11.9 Å². The van der Waals surface area contributed by atoms with Crippen molar-refractivity contribution in [1.29, 1.82) is 0 Å². The van der Waals surface area contributed by atoms with E-state index in [-0.39, 0.29) is 23.8 Å². The number of hydrogen-bond acceptors (Lipinski definition) is 4. The fourth-order valence-corrected chi connectivity index (χ4v) is 4.01. The minimum absolute atomic E-state index is 0.248. The van der Waals surface area contributed by atoms with E-state index in [1.165, 1.54) is 14.2 Å². The zero-order valence-electron chi connectivity index (χ0n) is 15.6. The lowest BCUT2D eigenvalue weighted by Gasteiger charge is -2.49. The molecule has 0 radical (unpaired) electrons. The van der Waals surface area contributed by atoms with E-state index in [0.717, 1.165) is 22.3 Å². The van der Waals surface area contributed by atoms with Crippen LogP contribution in [-0.4, -0.2) is 26.2 Å². The van der Waals surface area contributed by atoms with Crippen molar-refractivity contribution < 1.29 is 19.1 Å². The summed E-state index contributed by atoms with van der Waals surface area (Å²) in [4.78, 5) is 25.2. The average molecular weight is 352 g/mol. The van der Waals surface area contributed by atoms with Crippen LogP contribution in [-0.2, 0) is 19.1 Å². The molecular weight excluding hydrogens is 328 g/mol. The van der Waals surface area contributed by atoms with Crippen LogP contribution in [0, 0.1) is 25.7 Å². The van der Waals surface area contributed by atoms with Gasteiger partial charge in [0.1, 0.15) is 0 Å². The van der Waals surface area contributed by atoms with Gasteiger partial charge in [0.15, 0.2) is 0 Å². The molecule has 2 aromatic carbocycles. The number of benzene rings is 2. The predicted octanol–water partition coefficient (Wildman–Crippen LogP) is 3.76. The van der Waals surface area contributed by atoms with E-state index in [4.69, 9.17) is 9.47 Å². The van der Waals surface area contributed by atoms with Crippen LogP contribution >= 0.6 is 0 Å². The van der Waals surface area contributed by atoms with Crippen molar-refractivity contribution in [3.05, 3.63) is 70.8 Å². The first-order valence-corrected chi connectivity index (χ1v) is 8.76. The van der Waals surface area contributed by atoms with E-state index in [2.05, 4.69) is 0 Å². The monoisotopic (exact) mass is 352 g/mol. The Morgan fingerprint density at radius 3 is 1.23 bits per heavy atom. The van der Waals surface area contributed by atoms with E-state index < -0.39 is 11.8 Å². The van der Waals surface area contributed by atoms with Crippen LogP contribution in [0.5, 0.6) is 0 Å². The maximum absolute atomic E-state index is 12.6. The van der Waals surface area contributed by atoms with Crippen LogP contribution in [0.2, 0.25) is 0 Å². The summed E-state index contributed by atoms with van der Waals surface area (Å²) in [5.41, 5.74) is 4.19. The van der Waals surface area contributed by atoms with Crippen molar-refractivity contribution in [3.63, 3.8) is 0 Å². The maximum Gasteiger partial charge on any atom is 0.309 e. The van der Waals surface area contributed by atoms with Gasteiger partial charge in [-0.15, -0.1) is 0 Å². The molecule has 0 saturated heterocycles. The number of carbonyl (C=O) groups is 2. The van der Waals surface area contributed by atoms with Gasteiger partial charge >= 0.3 is 11.9 Å². The Hall–Kier alpha value is -2.62. The summed E-state index contributed by atoms with van der Waals surface area (Å²) in [6, 6.07) is 15.9. The third-order valence-electron chi connectivity index (χ3n) is 5.42. The molecular formula is C22H24O4. The molecule has 0 atom stereocenters. The third kappa shape index (κ3) is 3.12. The zero-order valence-corrected chi connectivity index (χ0v) is 15.6. The lowest BCUT2D eigenvalue weighted by molar-refractivity contribution is -0.164. The number of rotatable bonds is 4. The lowest BCUT2D eigenvalue weighted by Crippen LogP contribution is -2.51. The first-order chi connectivity index (χ1) is 12.5. The summed E-state index contributed by atoms with van der Waals surface area (Å²) in [6.45, 7) is 4.02. The van der Waals surface area contributed by atoms with E-state index in [9.17, 15) is 9.59 Å². The van der Waals surface area contributed by atoms with Gasteiger partial charge in [0.05, 0.1) is 26.1 Å². The van der Waals surface area contributed by atoms with Crippen molar-refractivity contribution in [2.75, 3.05) is 14.2 Å². The molecule has 4 heteroatoms. The van der Waals surface area contributed by atoms with Crippen molar-refractivity contribution in [2.24, 2.45) is 11.8 Å². The molecule has 0 heterocycles. The number of hydrogen-bond donors (Lipinski definition) is 0. The summed E-state index contributed by atoms with van der Waals surface area (Å²) in [5, 5.41) is 0. The largest absolute Gasteiger partial charge is 0.469 e. The molecule has 3 rings (SSSR count). The normalized spacial score (nSPS) is 24.5. The first kappa shape index (κ1) is 18.2. The SMILES string of the molecule is COC(=O)C1C(c2ccc(C)cc2)C(C(=O)OC)C1c1ccc(C)cc1. The van der Waals surface area contributed by atoms with Gasteiger partial charge in [-0.2, -0.15) is 0 Å². The lowest BCUT2D eigenvalue weighted by atomic mass is 9.52. The van der Waals surface area contributed by atoms with Crippen molar-refractivity contribution in [1.82, 2.24) is 0 Å². The van der Waals surface area contributed by atoms with Crippen LogP contribution in [0.15, 0.2) is 48.5 Å². The molecule has 0 spiro atoms. The summed E-state index contributed by atoms with van der Waals surface area (Å²) in [6.07, 6.45) is 0. The molecule has 0 aliphatic heterocycles. The summed E-state index contributed by atoms with van der Waals surface area (Å²) in [7, 11) is 2.79. The summed E-state index contributed by atoms with van der Waals surface area (Å²) >= 11 is 0. The van der Waals surface area contributed by atoms with Crippen LogP contribution in [0.25, 0.3) is 0 Å². The van der Waals surface area contributed by atoms with Gasteiger partial charge in [-0.3, -0.25) is 9.59 Å². The highest BCUT2D eigenvalue weighted by Gasteiger charge is 2.59. The summed E-state index contributed by atoms with van der Waals surface area (Å²) in [5.74, 6) is -1.89. The molecule has 0 unspecified atom stereocenters. The fourth-order valence-electron chi connectivity index (χ4n) is 4.01. The van der Waals surface area contributed by atoms with Gasteiger partial charge in [0.2, 0.25) is 0 Å². The second-order valence-corrected chi connectivity index (χ2v) is 6.97. The number of carbonyl (C=O) groups excluding carboxylic acids is 2. The summed E-state index contributed by atoms with van der Waals surface area (Å²) < 4.78 is 10.2. The number of aryl methyl sites for hydroxylation is 2. The second kappa shape index (κ2) is 7.32. The molecule has 136 valence electrons. The van der Waals surface area contributed by atoms with E-state index >= 15 is 0 Å². The molecule has 26 heavy (non-hydrogen) atoms. The van der Waals surface area contributed by atoms with Gasteiger partial charge in [0, 0.05) is 11.8 Å². The fraction of sp³-hybridized carbons (Fsp3) is 0.364. The Morgan fingerprint density at radius 1 is 0.654 bits per heavy atom. The minimum atomic E-state index is -0.408. The van der Waals surface area contributed by atoms with Crippen molar-refractivity contribution in [3.8, 4) is 0 Å². The Morgan fingerprint density at radius 2 is 0.962 bits per heavy atom. The molecule has 0 N–H and O–H groups in total. The highest BCUT2D eigenvalue weighted by Crippen LogP contribution is 2.58. The van der Waals surface area contributed by atoms with E-state index in [1.807, 2.05) is 62.4 Å². The molecule has 1 fully saturated rings.